The van der Waals surface area contributed by atoms with Gasteiger partial charge in [0.2, 0.25) is 0 Å². The molecule has 0 aliphatic carbocycles. The Kier molecular flexibility index (Phi) is 5.74. The summed E-state index contributed by atoms with van der Waals surface area (Å²) in [4.78, 5) is 0. The molecule has 0 heterocycles. The number of rotatable bonds is 4. The van der Waals surface area contributed by atoms with Crippen LogP contribution in [0.3, 0.4) is 0 Å². The molecule has 0 aromatic heterocycles. The largest absolute Gasteiger partial charge is 0.329 e. The molecule has 6 heteroatoms. The third-order valence-corrected chi connectivity index (χ3v) is 3.81. The van der Waals surface area contributed by atoms with E-state index in [1.54, 1.807) is 0 Å². The van der Waals surface area contributed by atoms with Crippen LogP contribution in [0.1, 0.15) is 31.9 Å². The Morgan fingerprint density at radius 3 is 2.20 bits per heavy atom. The summed E-state index contributed by atoms with van der Waals surface area (Å²) in [5.41, 5.74) is 8.49. The van der Waals surface area contributed by atoms with E-state index < -0.39 is 11.6 Å². The third kappa shape index (κ3) is 5.26. The predicted molar refractivity (Wildman–Crippen MR) is 103 cm³/mol. The zero-order valence-corrected chi connectivity index (χ0v) is 15.2. The van der Waals surface area contributed by atoms with Gasteiger partial charge in [-0.25, -0.2) is 8.78 Å². The molecule has 0 fully saturated rings. The molecule has 2 rings (SSSR count). The zero-order valence-electron chi connectivity index (χ0n) is 14.4. The third-order valence-electron chi connectivity index (χ3n) is 3.61. The molecule has 0 atom stereocenters. The SMILES string of the molecule is C=C(NNC(=S)Nc1ccc(F)cc1F)c1ccc(C(C)(C)C)cc1. The van der Waals surface area contributed by atoms with Crippen LogP contribution < -0.4 is 16.2 Å². The lowest BCUT2D eigenvalue weighted by molar-refractivity contribution is 0.586. The first-order valence-electron chi connectivity index (χ1n) is 7.75. The molecular formula is C19H21F2N3S. The molecule has 0 amide bonds. The predicted octanol–water partition coefficient (Wildman–Crippen LogP) is 4.72. The molecule has 132 valence electrons. The Morgan fingerprint density at radius 2 is 1.64 bits per heavy atom. The molecule has 0 saturated carbocycles. The normalized spacial score (nSPS) is 10.9. The van der Waals surface area contributed by atoms with E-state index in [9.17, 15) is 8.78 Å². The summed E-state index contributed by atoms with van der Waals surface area (Å²) in [7, 11) is 0. The number of thiocarbonyl (C=S) groups is 1. The molecule has 2 aromatic carbocycles. The molecule has 25 heavy (non-hydrogen) atoms. The summed E-state index contributed by atoms with van der Waals surface area (Å²) >= 11 is 5.08. The summed E-state index contributed by atoms with van der Waals surface area (Å²) in [6, 6.07) is 11.2. The highest BCUT2D eigenvalue weighted by Gasteiger charge is 2.13. The minimum atomic E-state index is -0.722. The highest BCUT2D eigenvalue weighted by molar-refractivity contribution is 7.80. The van der Waals surface area contributed by atoms with Crippen LogP contribution in [0.2, 0.25) is 0 Å². The number of benzene rings is 2. The fourth-order valence-corrected chi connectivity index (χ4v) is 2.28. The van der Waals surface area contributed by atoms with Gasteiger partial charge in [0.05, 0.1) is 11.4 Å². The van der Waals surface area contributed by atoms with Gasteiger partial charge in [0.1, 0.15) is 11.6 Å². The van der Waals surface area contributed by atoms with Gasteiger partial charge >= 0.3 is 0 Å². The fourth-order valence-electron chi connectivity index (χ4n) is 2.12. The topological polar surface area (TPSA) is 36.1 Å². The summed E-state index contributed by atoms with van der Waals surface area (Å²) < 4.78 is 26.5. The van der Waals surface area contributed by atoms with E-state index >= 15 is 0 Å². The summed E-state index contributed by atoms with van der Waals surface area (Å²) in [5.74, 6) is -1.37. The van der Waals surface area contributed by atoms with Gasteiger partial charge in [0, 0.05) is 6.07 Å². The maximum Gasteiger partial charge on any atom is 0.189 e. The van der Waals surface area contributed by atoms with Gasteiger partial charge in [0.25, 0.3) is 0 Å². The van der Waals surface area contributed by atoms with Gasteiger partial charge in [-0.15, -0.1) is 0 Å². The minimum absolute atomic E-state index is 0.0796. The van der Waals surface area contributed by atoms with Gasteiger partial charge in [-0.3, -0.25) is 10.9 Å². The lowest BCUT2D eigenvalue weighted by Crippen LogP contribution is -2.39. The van der Waals surface area contributed by atoms with Crippen LogP contribution in [0.25, 0.3) is 5.70 Å². The summed E-state index contributed by atoms with van der Waals surface area (Å²) in [5, 5.41) is 2.79. The van der Waals surface area contributed by atoms with Crippen LogP contribution in [0.15, 0.2) is 49.0 Å². The zero-order chi connectivity index (χ0) is 18.6. The Hall–Kier alpha value is -2.47. The van der Waals surface area contributed by atoms with Gasteiger partial charge in [-0.1, -0.05) is 51.6 Å². The Morgan fingerprint density at radius 1 is 1.00 bits per heavy atom. The molecule has 0 radical (unpaired) electrons. The number of halogens is 2. The molecule has 3 nitrogen and oxygen atoms in total. The van der Waals surface area contributed by atoms with Crippen molar-refractivity contribution in [1.29, 1.82) is 0 Å². The number of nitrogens with one attached hydrogen (secondary N) is 3. The maximum absolute atomic E-state index is 13.6. The summed E-state index contributed by atoms with van der Waals surface area (Å²) in [6.45, 7) is 10.4. The number of anilines is 1. The number of hydrogen-bond donors (Lipinski definition) is 3. The molecule has 0 saturated heterocycles. The van der Waals surface area contributed by atoms with E-state index in [-0.39, 0.29) is 16.2 Å². The Balaban J connectivity index is 1.92. The van der Waals surface area contributed by atoms with Crippen LogP contribution in [0.5, 0.6) is 0 Å². The average Bonchev–Trinajstić information content (AvgIpc) is 2.54. The first-order chi connectivity index (χ1) is 11.7. The van der Waals surface area contributed by atoms with E-state index in [4.69, 9.17) is 12.2 Å². The van der Waals surface area contributed by atoms with Crippen LogP contribution in [0, 0.1) is 11.6 Å². The van der Waals surface area contributed by atoms with Gasteiger partial charge in [-0.2, -0.15) is 0 Å². The van der Waals surface area contributed by atoms with Gasteiger partial charge in [0.15, 0.2) is 5.11 Å². The second-order valence-corrected chi connectivity index (χ2v) is 7.04. The van der Waals surface area contributed by atoms with E-state index in [0.717, 1.165) is 17.7 Å². The quantitative estimate of drug-likeness (QED) is 0.544. The smallest absolute Gasteiger partial charge is 0.189 e. The molecule has 3 N–H and O–H groups in total. The van der Waals surface area contributed by atoms with Gasteiger partial charge < -0.3 is 5.32 Å². The van der Waals surface area contributed by atoms with Crippen molar-refractivity contribution < 1.29 is 8.78 Å². The van der Waals surface area contributed by atoms with Crippen LogP contribution >= 0.6 is 12.2 Å². The van der Waals surface area contributed by atoms with E-state index in [0.29, 0.717) is 5.70 Å². The first kappa shape index (κ1) is 18.9. The van der Waals surface area contributed by atoms with E-state index in [2.05, 4.69) is 43.5 Å². The number of hydrogen-bond acceptors (Lipinski definition) is 2. The summed E-state index contributed by atoms with van der Waals surface area (Å²) in [6.07, 6.45) is 0. The Labute approximate surface area is 152 Å². The molecule has 0 aliphatic heterocycles. The Bertz CT molecular complexity index is 780. The monoisotopic (exact) mass is 361 g/mol. The van der Waals surface area contributed by atoms with Crippen molar-refractivity contribution >= 4 is 28.7 Å². The maximum atomic E-state index is 13.6. The molecule has 0 unspecified atom stereocenters. The lowest BCUT2D eigenvalue weighted by atomic mass is 9.86. The van der Waals surface area contributed by atoms with Crippen molar-refractivity contribution in [2.45, 2.75) is 26.2 Å². The lowest BCUT2D eigenvalue weighted by Gasteiger charge is -2.20. The van der Waals surface area contributed by atoms with Crippen molar-refractivity contribution in [1.82, 2.24) is 10.9 Å². The van der Waals surface area contributed by atoms with Crippen LogP contribution in [-0.4, -0.2) is 5.11 Å². The van der Waals surface area contributed by atoms with Crippen LogP contribution in [-0.2, 0) is 5.41 Å². The second-order valence-electron chi connectivity index (χ2n) is 6.63. The fraction of sp³-hybridized carbons (Fsp3) is 0.211. The van der Waals surface area contributed by atoms with Gasteiger partial charge in [-0.05, 0) is 40.9 Å². The first-order valence-corrected chi connectivity index (χ1v) is 8.15. The molecule has 0 aliphatic rings. The second kappa shape index (κ2) is 7.61. The highest BCUT2D eigenvalue weighted by Crippen LogP contribution is 2.23. The van der Waals surface area contributed by atoms with Crippen molar-refractivity contribution in [3.63, 3.8) is 0 Å². The molecule has 0 spiro atoms. The number of hydrazine groups is 1. The van der Waals surface area contributed by atoms with Crippen molar-refractivity contribution in [3.8, 4) is 0 Å². The molecule has 2 aromatic rings. The van der Waals surface area contributed by atoms with E-state index in [1.165, 1.54) is 11.6 Å². The standard InChI is InChI=1S/C19H21F2N3S/c1-12(13-5-7-14(8-6-13)19(2,3)4)23-24-18(25)22-17-10-9-15(20)11-16(17)21/h5-11,23H,1H2,2-4H3,(H2,22,24,25). The highest BCUT2D eigenvalue weighted by atomic mass is 32.1. The molecular weight excluding hydrogens is 340 g/mol. The molecule has 0 bridgehead atoms. The van der Waals surface area contributed by atoms with Crippen molar-refractivity contribution in [2.75, 3.05) is 5.32 Å². The minimum Gasteiger partial charge on any atom is -0.329 e. The van der Waals surface area contributed by atoms with Crippen LogP contribution in [0.4, 0.5) is 14.5 Å². The van der Waals surface area contributed by atoms with Crippen molar-refractivity contribution in [3.05, 3.63) is 71.8 Å². The average molecular weight is 361 g/mol. The van der Waals surface area contributed by atoms with E-state index in [1.807, 2.05) is 24.3 Å². The van der Waals surface area contributed by atoms with Crippen molar-refractivity contribution in [2.24, 2.45) is 0 Å².